The number of aryl methyl sites for hydroxylation is 1. The van der Waals surface area contributed by atoms with Crippen molar-refractivity contribution in [1.29, 1.82) is 0 Å². The van der Waals surface area contributed by atoms with E-state index in [1.165, 1.54) is 28.2 Å². The van der Waals surface area contributed by atoms with Crippen molar-refractivity contribution >= 4 is 33.8 Å². The van der Waals surface area contributed by atoms with Crippen LogP contribution < -0.4 is 16.0 Å². The number of carbonyl (C=O) groups is 1. The predicted molar refractivity (Wildman–Crippen MR) is 82.1 cm³/mol. The van der Waals surface area contributed by atoms with E-state index in [2.05, 4.69) is 41.1 Å². The van der Waals surface area contributed by atoms with Gasteiger partial charge in [-0.3, -0.25) is 4.79 Å². The highest BCUT2D eigenvalue weighted by atomic mass is 32.1. The van der Waals surface area contributed by atoms with Crippen molar-refractivity contribution in [1.82, 2.24) is 10.3 Å². The minimum atomic E-state index is 0.250. The molecule has 0 radical (unpaired) electrons. The van der Waals surface area contributed by atoms with Crippen molar-refractivity contribution in [2.45, 2.75) is 13.0 Å². The highest BCUT2D eigenvalue weighted by Gasteiger charge is 2.42. The number of rotatable bonds is 1. The summed E-state index contributed by atoms with van der Waals surface area (Å²) in [5, 5.41) is 4.73. The predicted octanol–water partition coefficient (Wildman–Crippen LogP) is 1.11. The van der Waals surface area contributed by atoms with Crippen molar-refractivity contribution in [3.63, 3.8) is 0 Å². The number of hydrogen-bond acceptors (Lipinski definition) is 5. The van der Waals surface area contributed by atoms with Gasteiger partial charge >= 0.3 is 0 Å². The van der Waals surface area contributed by atoms with Crippen LogP contribution >= 0.6 is 11.3 Å². The van der Waals surface area contributed by atoms with Gasteiger partial charge in [0.05, 0.1) is 0 Å². The molecule has 0 aromatic carbocycles. The van der Waals surface area contributed by atoms with Crippen LogP contribution in [0.3, 0.4) is 0 Å². The molecule has 2 aromatic rings. The van der Waals surface area contributed by atoms with E-state index in [-0.39, 0.29) is 6.41 Å². The molecule has 2 fully saturated rings. The Morgan fingerprint density at radius 1 is 1.50 bits per heavy atom. The molecule has 0 saturated carbocycles. The van der Waals surface area contributed by atoms with E-state index in [1.54, 1.807) is 11.3 Å². The number of pyridine rings is 1. The van der Waals surface area contributed by atoms with Crippen molar-refractivity contribution in [2.24, 2.45) is 11.7 Å². The van der Waals surface area contributed by atoms with Crippen LogP contribution in [0.4, 0.5) is 5.82 Å². The van der Waals surface area contributed by atoms with Crippen LogP contribution in [0.15, 0.2) is 18.2 Å². The fourth-order valence-corrected chi connectivity index (χ4v) is 3.85. The number of carbonyl (C=O) groups excluding carboxylic acids is 1. The van der Waals surface area contributed by atoms with Gasteiger partial charge in [0.1, 0.15) is 10.6 Å². The molecule has 0 aliphatic carbocycles. The molecule has 1 amide bonds. The third kappa shape index (κ3) is 2.25. The summed E-state index contributed by atoms with van der Waals surface area (Å²) < 4.78 is 0. The van der Waals surface area contributed by atoms with Gasteiger partial charge < -0.3 is 16.0 Å². The average molecular weight is 290 g/mol. The van der Waals surface area contributed by atoms with Crippen LogP contribution in [-0.2, 0) is 4.79 Å². The SMILES string of the molecule is Cc1cc2ccc(N3CC4CNCC43)nc2s1.NC=O. The van der Waals surface area contributed by atoms with Crippen LogP contribution in [-0.4, -0.2) is 37.1 Å². The van der Waals surface area contributed by atoms with Gasteiger partial charge in [-0.1, -0.05) is 0 Å². The Kier molecular flexibility index (Phi) is 3.58. The molecule has 2 unspecified atom stereocenters. The van der Waals surface area contributed by atoms with Crippen LogP contribution in [0, 0.1) is 12.8 Å². The largest absolute Gasteiger partial charge is 0.372 e. The molecule has 106 valence electrons. The molecule has 0 bridgehead atoms. The first-order valence-corrected chi connectivity index (χ1v) is 7.54. The van der Waals surface area contributed by atoms with Crippen LogP contribution in [0.1, 0.15) is 4.88 Å². The minimum Gasteiger partial charge on any atom is -0.372 e. The zero-order valence-corrected chi connectivity index (χ0v) is 12.2. The summed E-state index contributed by atoms with van der Waals surface area (Å²) in [6.07, 6.45) is 0.250. The second-order valence-electron chi connectivity index (χ2n) is 5.20. The van der Waals surface area contributed by atoms with Crippen LogP contribution in [0.5, 0.6) is 0 Å². The first kappa shape index (κ1) is 13.3. The Morgan fingerprint density at radius 3 is 3.05 bits per heavy atom. The molecular weight excluding hydrogens is 272 g/mol. The molecular formula is C14H18N4OS. The van der Waals surface area contributed by atoms with Crippen LogP contribution in [0.2, 0.25) is 0 Å². The topological polar surface area (TPSA) is 71.2 Å². The molecule has 3 N–H and O–H groups in total. The Bertz CT molecular complexity index is 627. The third-order valence-corrected chi connectivity index (χ3v) is 4.88. The minimum absolute atomic E-state index is 0.250. The van der Waals surface area contributed by atoms with Gasteiger partial charge in [0.2, 0.25) is 6.41 Å². The molecule has 0 spiro atoms. The Balaban J connectivity index is 0.000000373. The molecule has 2 aliphatic rings. The monoisotopic (exact) mass is 290 g/mol. The first-order chi connectivity index (χ1) is 9.72. The molecule has 4 heterocycles. The number of primary amides is 1. The number of nitrogens with zero attached hydrogens (tertiary/aromatic N) is 2. The summed E-state index contributed by atoms with van der Waals surface area (Å²) in [5.74, 6) is 2.00. The molecule has 6 heteroatoms. The second-order valence-corrected chi connectivity index (χ2v) is 6.43. The van der Waals surface area contributed by atoms with Crippen molar-refractivity contribution in [3.05, 3.63) is 23.1 Å². The van der Waals surface area contributed by atoms with E-state index < -0.39 is 0 Å². The van der Waals surface area contributed by atoms with Crippen LogP contribution in [0.25, 0.3) is 10.2 Å². The fourth-order valence-electron chi connectivity index (χ4n) is 2.98. The number of nitrogens with one attached hydrogen (secondary N) is 1. The summed E-state index contributed by atoms with van der Waals surface area (Å²) in [7, 11) is 0. The van der Waals surface area contributed by atoms with E-state index in [1.807, 2.05) is 0 Å². The second kappa shape index (κ2) is 5.38. The van der Waals surface area contributed by atoms with Gasteiger partial charge in [0, 0.05) is 41.9 Å². The number of nitrogens with two attached hydrogens (primary N) is 1. The van der Waals surface area contributed by atoms with E-state index in [0.717, 1.165) is 18.3 Å². The normalized spacial score (nSPS) is 23.8. The van der Waals surface area contributed by atoms with E-state index in [4.69, 9.17) is 9.78 Å². The summed E-state index contributed by atoms with van der Waals surface area (Å²) in [5.41, 5.74) is 4.17. The van der Waals surface area contributed by atoms with Crippen molar-refractivity contribution in [2.75, 3.05) is 24.5 Å². The standard InChI is InChI=1S/C13H15N3S.CH3NO/c1-8-4-9-2-3-12(15-13(9)17-8)16-7-10-5-14-6-11(10)16;2-1-3/h2-4,10-11,14H,5-7H2,1H3;1H,(H2,2,3). The lowest BCUT2D eigenvalue weighted by molar-refractivity contribution is -0.106. The van der Waals surface area contributed by atoms with Gasteiger partial charge in [0.15, 0.2) is 0 Å². The molecule has 2 aliphatic heterocycles. The lowest BCUT2D eigenvalue weighted by atomic mass is 9.92. The summed E-state index contributed by atoms with van der Waals surface area (Å²) in [4.78, 5) is 18.3. The number of anilines is 1. The van der Waals surface area contributed by atoms with Gasteiger partial charge in [-0.15, -0.1) is 11.3 Å². The Labute approximate surface area is 121 Å². The van der Waals surface area contributed by atoms with Gasteiger partial charge in [-0.25, -0.2) is 4.98 Å². The zero-order chi connectivity index (χ0) is 14.1. The third-order valence-electron chi connectivity index (χ3n) is 3.92. The first-order valence-electron chi connectivity index (χ1n) is 6.73. The van der Waals surface area contributed by atoms with E-state index >= 15 is 0 Å². The molecule has 20 heavy (non-hydrogen) atoms. The highest BCUT2D eigenvalue weighted by molar-refractivity contribution is 7.18. The lowest BCUT2D eigenvalue weighted by Gasteiger charge is -2.44. The smallest absolute Gasteiger partial charge is 0.204 e. The number of thiophene rings is 1. The Hall–Kier alpha value is -1.66. The lowest BCUT2D eigenvalue weighted by Crippen LogP contribution is -2.56. The molecule has 5 nitrogen and oxygen atoms in total. The van der Waals surface area contributed by atoms with Gasteiger partial charge in [-0.05, 0) is 25.1 Å². The fraction of sp³-hybridized carbons (Fsp3) is 0.429. The number of hydrogen-bond donors (Lipinski definition) is 2. The van der Waals surface area contributed by atoms with E-state index in [9.17, 15) is 0 Å². The maximum absolute atomic E-state index is 8.58. The maximum Gasteiger partial charge on any atom is 0.204 e. The summed E-state index contributed by atoms with van der Waals surface area (Å²) >= 11 is 1.79. The van der Waals surface area contributed by atoms with Gasteiger partial charge in [-0.2, -0.15) is 0 Å². The summed E-state index contributed by atoms with van der Waals surface area (Å²) in [6, 6.07) is 7.27. The molecule has 2 atom stereocenters. The zero-order valence-electron chi connectivity index (χ0n) is 11.4. The van der Waals surface area contributed by atoms with Crippen molar-refractivity contribution in [3.8, 4) is 0 Å². The summed E-state index contributed by atoms with van der Waals surface area (Å²) in [6.45, 7) is 5.61. The maximum atomic E-state index is 8.58. The van der Waals surface area contributed by atoms with Gasteiger partial charge in [0.25, 0.3) is 0 Å². The number of aromatic nitrogens is 1. The molecule has 2 aromatic heterocycles. The number of amides is 1. The molecule has 4 rings (SSSR count). The van der Waals surface area contributed by atoms with E-state index in [0.29, 0.717) is 6.04 Å². The quantitative estimate of drug-likeness (QED) is 0.772. The average Bonchev–Trinajstić information content (AvgIpc) is 2.93. The van der Waals surface area contributed by atoms with Crippen molar-refractivity contribution < 1.29 is 4.79 Å². The Morgan fingerprint density at radius 2 is 2.30 bits per heavy atom. The molecule has 2 saturated heterocycles. The number of fused-ring (bicyclic) bond motifs is 2. The highest BCUT2D eigenvalue weighted by Crippen LogP contribution is 2.34.